The first-order chi connectivity index (χ1) is 6.68. The zero-order chi connectivity index (χ0) is 11.9. The molecule has 1 rings (SSSR count). The van der Waals surface area contributed by atoms with Crippen LogP contribution in [0.25, 0.3) is 0 Å². The molecule has 0 aromatic rings. The van der Waals surface area contributed by atoms with Crippen molar-refractivity contribution in [3.8, 4) is 0 Å². The van der Waals surface area contributed by atoms with Gasteiger partial charge in [-0.25, -0.2) is 0 Å². The van der Waals surface area contributed by atoms with E-state index < -0.39 is 5.54 Å². The van der Waals surface area contributed by atoms with Gasteiger partial charge in [-0.05, 0) is 13.8 Å². The lowest BCUT2D eigenvalue weighted by Crippen LogP contribution is -2.65. The summed E-state index contributed by atoms with van der Waals surface area (Å²) >= 11 is 0. The molecule has 1 heterocycles. The van der Waals surface area contributed by atoms with Crippen molar-refractivity contribution in [2.24, 2.45) is 5.92 Å². The van der Waals surface area contributed by atoms with Gasteiger partial charge in [0.2, 0.25) is 0 Å². The van der Waals surface area contributed by atoms with E-state index in [0.29, 0.717) is 13.0 Å². The van der Waals surface area contributed by atoms with Crippen molar-refractivity contribution in [2.75, 3.05) is 13.6 Å². The maximum absolute atomic E-state index is 12.2. The molecule has 1 aliphatic rings. The van der Waals surface area contributed by atoms with E-state index in [-0.39, 0.29) is 22.6 Å². The van der Waals surface area contributed by atoms with Gasteiger partial charge in [-0.2, -0.15) is 0 Å². The van der Waals surface area contributed by atoms with E-state index in [4.69, 9.17) is 4.74 Å². The topological polar surface area (TPSA) is 49.4 Å². The molecule has 0 aromatic carbocycles. The van der Waals surface area contributed by atoms with Gasteiger partial charge in [0.1, 0.15) is 6.10 Å². The highest BCUT2D eigenvalue weighted by Gasteiger charge is 2.48. The third kappa shape index (κ3) is 2.16. The van der Waals surface area contributed by atoms with Crippen molar-refractivity contribution >= 4 is 5.97 Å². The number of quaternary nitrogens is 1. The molecule has 4 nitrogen and oxygen atoms in total. The van der Waals surface area contributed by atoms with E-state index in [2.05, 4.69) is 0 Å². The van der Waals surface area contributed by atoms with Crippen molar-refractivity contribution in [3.05, 3.63) is 5.21 Å². The molecule has 1 aliphatic heterocycles. The van der Waals surface area contributed by atoms with Crippen LogP contribution in [0.5, 0.6) is 0 Å². The molecule has 1 fully saturated rings. The van der Waals surface area contributed by atoms with Crippen LogP contribution < -0.4 is 0 Å². The van der Waals surface area contributed by atoms with Crippen LogP contribution in [0.15, 0.2) is 0 Å². The molecule has 3 unspecified atom stereocenters. The zero-order valence-corrected chi connectivity index (χ0v) is 10.2. The Balaban J connectivity index is 2.82. The number of rotatable bonds is 1. The summed E-state index contributed by atoms with van der Waals surface area (Å²) in [5, 5.41) is 12.2. The van der Waals surface area contributed by atoms with Gasteiger partial charge in [-0.1, -0.05) is 6.92 Å². The van der Waals surface area contributed by atoms with Gasteiger partial charge in [-0.3, -0.25) is 4.79 Å². The van der Waals surface area contributed by atoms with Gasteiger partial charge in [0.25, 0.3) is 0 Å². The lowest BCUT2D eigenvalue weighted by atomic mass is 9.78. The molecule has 0 radical (unpaired) electrons. The van der Waals surface area contributed by atoms with E-state index in [1.807, 2.05) is 20.8 Å². The minimum absolute atomic E-state index is 0.0812. The first kappa shape index (κ1) is 12.5. The maximum atomic E-state index is 12.2. The molecular formula is C11H21NO3. The van der Waals surface area contributed by atoms with Crippen LogP contribution in [0.3, 0.4) is 0 Å². The lowest BCUT2D eigenvalue weighted by Gasteiger charge is -2.58. The average Bonchev–Trinajstić information content (AvgIpc) is 2.08. The third-order valence-electron chi connectivity index (χ3n) is 4.05. The maximum Gasteiger partial charge on any atom is 0.302 e. The number of nitrogens with zero attached hydrogens (tertiary/aromatic N) is 1. The van der Waals surface area contributed by atoms with Crippen molar-refractivity contribution < 1.29 is 14.2 Å². The number of hydroxylamine groups is 3. The molecule has 88 valence electrons. The quantitative estimate of drug-likeness (QED) is 0.380. The fourth-order valence-electron chi connectivity index (χ4n) is 2.17. The van der Waals surface area contributed by atoms with Gasteiger partial charge in [0, 0.05) is 19.3 Å². The van der Waals surface area contributed by atoms with Crippen LogP contribution in [-0.4, -0.2) is 35.9 Å². The van der Waals surface area contributed by atoms with Crippen molar-refractivity contribution in [1.29, 1.82) is 0 Å². The van der Waals surface area contributed by atoms with E-state index in [1.54, 1.807) is 7.05 Å². The smallest absolute Gasteiger partial charge is 0.302 e. The lowest BCUT2D eigenvalue weighted by molar-refractivity contribution is -0.921. The Morgan fingerprint density at radius 2 is 2.07 bits per heavy atom. The van der Waals surface area contributed by atoms with Gasteiger partial charge in [-0.15, -0.1) is 0 Å². The highest BCUT2D eigenvalue weighted by molar-refractivity contribution is 5.66. The molecule has 3 atom stereocenters. The summed E-state index contributed by atoms with van der Waals surface area (Å²) in [4.78, 5) is 10.9. The van der Waals surface area contributed by atoms with Crippen molar-refractivity contribution in [3.63, 3.8) is 0 Å². The zero-order valence-electron chi connectivity index (χ0n) is 10.2. The van der Waals surface area contributed by atoms with Crippen LogP contribution in [0, 0.1) is 11.1 Å². The number of hydrogen-bond donors (Lipinski definition) is 0. The average molecular weight is 215 g/mol. The summed E-state index contributed by atoms with van der Waals surface area (Å²) in [5.74, 6) is -0.178. The molecule has 0 N–H and O–H groups in total. The van der Waals surface area contributed by atoms with Crippen LogP contribution in [-0.2, 0) is 9.53 Å². The molecule has 0 spiro atoms. The van der Waals surface area contributed by atoms with Gasteiger partial charge >= 0.3 is 5.97 Å². The number of esters is 1. The van der Waals surface area contributed by atoms with Crippen LogP contribution >= 0.6 is 0 Å². The highest BCUT2D eigenvalue weighted by atomic mass is 16.6. The number of carbonyl (C=O) groups excluding carboxylic acids is 1. The molecular weight excluding hydrogens is 194 g/mol. The fourth-order valence-corrected chi connectivity index (χ4v) is 2.17. The Bertz CT molecular complexity index is 261. The summed E-state index contributed by atoms with van der Waals surface area (Å²) in [6.45, 7) is 7.80. The van der Waals surface area contributed by atoms with Crippen LogP contribution in [0.4, 0.5) is 0 Å². The molecule has 0 amide bonds. The van der Waals surface area contributed by atoms with Gasteiger partial charge < -0.3 is 14.6 Å². The van der Waals surface area contributed by atoms with E-state index >= 15 is 0 Å². The molecule has 0 aliphatic carbocycles. The largest absolute Gasteiger partial charge is 0.633 e. The number of hydrogen-bond acceptors (Lipinski definition) is 3. The first-order valence-electron chi connectivity index (χ1n) is 5.42. The Kier molecular flexibility index (Phi) is 3.12. The number of piperidine rings is 1. The van der Waals surface area contributed by atoms with Crippen LogP contribution in [0.1, 0.15) is 34.1 Å². The fraction of sp³-hybridized carbons (Fsp3) is 0.909. The van der Waals surface area contributed by atoms with Crippen molar-refractivity contribution in [1.82, 2.24) is 0 Å². The minimum Gasteiger partial charge on any atom is -0.633 e. The standard InChI is InChI=1S/C11H21NO3/c1-8-10(15-9(2)13)6-7-12(5,14)11(8,3)4/h8,10H,6-7H2,1-5H3. The van der Waals surface area contributed by atoms with Gasteiger partial charge in [0.15, 0.2) is 0 Å². The van der Waals surface area contributed by atoms with Gasteiger partial charge in [0.05, 0.1) is 19.1 Å². The highest BCUT2D eigenvalue weighted by Crippen LogP contribution is 2.38. The summed E-state index contributed by atoms with van der Waals surface area (Å²) in [6, 6.07) is 0. The van der Waals surface area contributed by atoms with E-state index in [1.165, 1.54) is 6.92 Å². The van der Waals surface area contributed by atoms with Crippen LogP contribution in [0.2, 0.25) is 0 Å². The third-order valence-corrected chi connectivity index (χ3v) is 4.05. The minimum atomic E-state index is -0.404. The molecule has 15 heavy (non-hydrogen) atoms. The second-order valence-corrected chi connectivity index (χ2v) is 5.20. The summed E-state index contributed by atoms with van der Waals surface area (Å²) in [6.07, 6.45) is 0.544. The molecule has 0 aromatic heterocycles. The number of likely N-dealkylation sites (tertiary alicyclic amines) is 1. The number of carbonyl (C=O) groups is 1. The normalized spacial score (nSPS) is 39.9. The number of ether oxygens (including phenoxy) is 1. The van der Waals surface area contributed by atoms with Crippen molar-refractivity contribution in [2.45, 2.75) is 45.8 Å². The predicted octanol–water partition coefficient (Wildman–Crippen LogP) is 1.68. The first-order valence-corrected chi connectivity index (χ1v) is 5.42. The Morgan fingerprint density at radius 1 is 1.53 bits per heavy atom. The SMILES string of the molecule is CC(=O)OC1CC[N+](C)([O-])C(C)(C)C1C. The molecule has 1 saturated heterocycles. The predicted molar refractivity (Wildman–Crippen MR) is 57.8 cm³/mol. The molecule has 4 heteroatoms. The second-order valence-electron chi connectivity index (χ2n) is 5.20. The summed E-state index contributed by atoms with van der Waals surface area (Å²) < 4.78 is 4.99. The Labute approximate surface area is 91.4 Å². The Hall–Kier alpha value is -0.610. The summed E-state index contributed by atoms with van der Waals surface area (Å²) in [7, 11) is 1.69. The monoisotopic (exact) mass is 215 g/mol. The van der Waals surface area contributed by atoms with E-state index in [0.717, 1.165) is 0 Å². The molecule has 0 bridgehead atoms. The Morgan fingerprint density at radius 3 is 2.53 bits per heavy atom. The summed E-state index contributed by atoms with van der Waals surface area (Å²) in [5.41, 5.74) is -0.404. The van der Waals surface area contributed by atoms with E-state index in [9.17, 15) is 10.0 Å². The second kappa shape index (κ2) is 3.76. The molecule has 0 saturated carbocycles.